The molecule has 0 unspecified atom stereocenters. The van der Waals surface area contributed by atoms with Gasteiger partial charge in [-0.2, -0.15) is 10.5 Å². The van der Waals surface area contributed by atoms with E-state index in [1.807, 2.05) is 35.6 Å². The van der Waals surface area contributed by atoms with E-state index in [-0.39, 0.29) is 0 Å². The number of thiophene rings is 2. The topological polar surface area (TPSA) is 47.6 Å². The lowest BCUT2D eigenvalue weighted by Crippen LogP contribution is -1.93. The van der Waals surface area contributed by atoms with Crippen LogP contribution in [0.3, 0.4) is 0 Å². The van der Waals surface area contributed by atoms with Gasteiger partial charge in [-0.25, -0.2) is 0 Å². The molecule has 2 nitrogen and oxygen atoms in total. The lowest BCUT2D eigenvalue weighted by molar-refractivity contribution is 1.46. The molecule has 0 saturated heterocycles. The maximum Gasteiger partial charge on any atom is 0.100 e. The Morgan fingerprint density at radius 2 is 0.905 bits per heavy atom. The fraction of sp³-hybridized carbons (Fsp3) is 0. The van der Waals surface area contributed by atoms with Crippen LogP contribution in [0.4, 0.5) is 0 Å². The molecule has 0 atom stereocenters. The van der Waals surface area contributed by atoms with Crippen LogP contribution in [0.5, 0.6) is 0 Å². The van der Waals surface area contributed by atoms with Gasteiger partial charge in [-0.3, -0.25) is 0 Å². The van der Waals surface area contributed by atoms with Gasteiger partial charge in [-0.1, -0.05) is 60.7 Å². The normalized spacial score (nSPS) is 11.3. The third-order valence-electron chi connectivity index (χ3n) is 7.97. The first-order chi connectivity index (χ1) is 20.7. The Morgan fingerprint density at radius 1 is 0.405 bits per heavy atom. The van der Waals surface area contributed by atoms with Gasteiger partial charge in [0.2, 0.25) is 0 Å². The summed E-state index contributed by atoms with van der Waals surface area (Å²) in [5.74, 6) is 0. The Morgan fingerprint density at radius 3 is 1.50 bits per heavy atom. The van der Waals surface area contributed by atoms with E-state index in [2.05, 4.69) is 109 Å². The molecule has 0 spiro atoms. The van der Waals surface area contributed by atoms with E-state index in [1.54, 1.807) is 11.3 Å². The van der Waals surface area contributed by atoms with Crippen molar-refractivity contribution in [3.8, 4) is 45.5 Å². The molecule has 0 amide bonds. The second-order valence-corrected chi connectivity index (χ2v) is 12.5. The van der Waals surface area contributed by atoms with Crippen LogP contribution in [0.1, 0.15) is 11.1 Å². The SMILES string of the molecule is N#Cc1ccc(-c2cc(-c3ccc4sc5ccccc5c4c3)cc(-c3ccc4sc5ccccc5c4c3)c2C#N)cc1. The molecule has 0 bridgehead atoms. The summed E-state index contributed by atoms with van der Waals surface area (Å²) in [7, 11) is 0. The zero-order valence-electron chi connectivity index (χ0n) is 22.3. The maximum absolute atomic E-state index is 10.6. The average molecular weight is 569 g/mol. The van der Waals surface area contributed by atoms with Crippen molar-refractivity contribution in [2.24, 2.45) is 0 Å². The molecule has 6 aromatic carbocycles. The highest BCUT2D eigenvalue weighted by Gasteiger charge is 2.17. The quantitative estimate of drug-likeness (QED) is 0.213. The lowest BCUT2D eigenvalue weighted by Gasteiger charge is -2.15. The molecule has 194 valence electrons. The summed E-state index contributed by atoms with van der Waals surface area (Å²) >= 11 is 3.60. The highest BCUT2D eigenvalue weighted by molar-refractivity contribution is 7.26. The number of nitrogens with zero attached hydrogens (tertiary/aromatic N) is 2. The maximum atomic E-state index is 10.6. The number of benzene rings is 6. The zero-order chi connectivity index (χ0) is 28.2. The van der Waals surface area contributed by atoms with Crippen LogP contribution in [-0.2, 0) is 0 Å². The van der Waals surface area contributed by atoms with E-state index in [1.165, 1.54) is 40.3 Å². The van der Waals surface area contributed by atoms with Crippen molar-refractivity contribution in [2.75, 3.05) is 0 Å². The molecule has 4 heteroatoms. The molecule has 2 heterocycles. The number of hydrogen-bond acceptors (Lipinski definition) is 4. The van der Waals surface area contributed by atoms with E-state index in [4.69, 9.17) is 0 Å². The van der Waals surface area contributed by atoms with Crippen LogP contribution in [0.2, 0.25) is 0 Å². The van der Waals surface area contributed by atoms with E-state index < -0.39 is 0 Å². The van der Waals surface area contributed by atoms with Crippen molar-refractivity contribution in [3.63, 3.8) is 0 Å². The van der Waals surface area contributed by atoms with E-state index in [0.717, 1.165) is 33.4 Å². The van der Waals surface area contributed by atoms with Gasteiger partial charge >= 0.3 is 0 Å². The molecule has 0 radical (unpaired) electrons. The van der Waals surface area contributed by atoms with Crippen molar-refractivity contribution in [2.45, 2.75) is 0 Å². The smallest absolute Gasteiger partial charge is 0.100 e. The second-order valence-electron chi connectivity index (χ2n) is 10.4. The van der Waals surface area contributed by atoms with Gasteiger partial charge in [0, 0.05) is 51.5 Å². The minimum Gasteiger partial charge on any atom is -0.192 e. The van der Waals surface area contributed by atoms with Crippen LogP contribution >= 0.6 is 22.7 Å². The highest BCUT2D eigenvalue weighted by Crippen LogP contribution is 2.42. The molecule has 0 aliphatic rings. The molecule has 0 aliphatic carbocycles. The van der Waals surface area contributed by atoms with Crippen LogP contribution in [0.15, 0.2) is 121 Å². The third kappa shape index (κ3) is 3.90. The molecule has 42 heavy (non-hydrogen) atoms. The van der Waals surface area contributed by atoms with Gasteiger partial charge in [-0.15, -0.1) is 22.7 Å². The van der Waals surface area contributed by atoms with Gasteiger partial charge < -0.3 is 0 Å². The minimum atomic E-state index is 0.596. The van der Waals surface area contributed by atoms with Crippen molar-refractivity contribution in [1.82, 2.24) is 0 Å². The summed E-state index contributed by atoms with van der Waals surface area (Å²) in [6.07, 6.45) is 0. The lowest BCUT2D eigenvalue weighted by atomic mass is 9.87. The Kier molecular flexibility index (Phi) is 5.66. The Bertz CT molecular complexity index is 2430. The zero-order valence-corrected chi connectivity index (χ0v) is 23.9. The van der Waals surface area contributed by atoms with Crippen molar-refractivity contribution < 1.29 is 0 Å². The summed E-state index contributed by atoms with van der Waals surface area (Å²) in [6.45, 7) is 0. The first-order valence-corrected chi connectivity index (χ1v) is 15.3. The van der Waals surface area contributed by atoms with Crippen molar-refractivity contribution in [3.05, 3.63) is 132 Å². The van der Waals surface area contributed by atoms with Crippen LogP contribution in [0, 0.1) is 22.7 Å². The first-order valence-electron chi connectivity index (χ1n) is 13.6. The van der Waals surface area contributed by atoms with Gasteiger partial charge in [0.25, 0.3) is 0 Å². The summed E-state index contributed by atoms with van der Waals surface area (Å²) in [5.41, 5.74) is 7.08. The third-order valence-corrected chi connectivity index (χ3v) is 10.3. The van der Waals surface area contributed by atoms with Gasteiger partial charge in [-0.05, 0) is 82.9 Å². The summed E-state index contributed by atoms with van der Waals surface area (Å²) < 4.78 is 5.03. The van der Waals surface area contributed by atoms with Crippen LogP contribution < -0.4 is 0 Å². The molecule has 0 saturated carbocycles. The standard InChI is InChI=1S/C38H20N2S2/c39-21-23-9-11-24(12-10-23)30-19-27(25-13-15-37-32(17-25)28-5-1-3-7-35(28)41-37)20-31(34(30)22-40)26-14-16-38-33(18-26)29-6-2-4-8-36(29)42-38/h1-20H. The van der Waals surface area contributed by atoms with Crippen LogP contribution in [-0.4, -0.2) is 0 Å². The molecule has 8 aromatic rings. The highest BCUT2D eigenvalue weighted by atomic mass is 32.1. The number of rotatable bonds is 3. The van der Waals surface area contributed by atoms with Gasteiger partial charge in [0.05, 0.1) is 17.2 Å². The van der Waals surface area contributed by atoms with Gasteiger partial charge in [0.1, 0.15) is 6.07 Å². The number of fused-ring (bicyclic) bond motifs is 6. The molecular formula is C38H20N2S2. The molecule has 8 rings (SSSR count). The molecule has 0 aliphatic heterocycles. The Labute approximate surface area is 250 Å². The van der Waals surface area contributed by atoms with E-state index >= 15 is 0 Å². The van der Waals surface area contributed by atoms with E-state index in [9.17, 15) is 10.5 Å². The van der Waals surface area contributed by atoms with Crippen molar-refractivity contribution >= 4 is 63.0 Å². The molecule has 2 aromatic heterocycles. The monoisotopic (exact) mass is 568 g/mol. The predicted molar refractivity (Wildman–Crippen MR) is 178 cm³/mol. The summed E-state index contributed by atoms with van der Waals surface area (Å²) in [6, 6.07) is 46.8. The largest absolute Gasteiger partial charge is 0.192 e. The first kappa shape index (κ1) is 24.5. The van der Waals surface area contributed by atoms with Crippen LogP contribution in [0.25, 0.3) is 73.7 Å². The summed E-state index contributed by atoms with van der Waals surface area (Å²) in [5, 5.41) is 24.9. The second kappa shape index (κ2) is 9.68. The van der Waals surface area contributed by atoms with Gasteiger partial charge in [0.15, 0.2) is 0 Å². The molecule has 0 fully saturated rings. The number of hydrogen-bond donors (Lipinski definition) is 0. The minimum absolute atomic E-state index is 0.596. The number of nitriles is 2. The Balaban J connectivity index is 1.40. The molecular weight excluding hydrogens is 549 g/mol. The fourth-order valence-corrected chi connectivity index (χ4v) is 8.08. The van der Waals surface area contributed by atoms with Crippen molar-refractivity contribution in [1.29, 1.82) is 10.5 Å². The summed E-state index contributed by atoms with van der Waals surface area (Å²) in [4.78, 5) is 0. The fourth-order valence-electron chi connectivity index (χ4n) is 5.91. The Hall–Kier alpha value is -5.26. The van der Waals surface area contributed by atoms with E-state index in [0.29, 0.717) is 11.1 Å². The molecule has 0 N–H and O–H groups in total. The predicted octanol–water partition coefficient (Wildman–Crippen LogP) is 11.2. The average Bonchev–Trinajstić information content (AvgIpc) is 3.61.